The molecular weight excluding hydrogens is 431 g/mol. The Bertz CT molecular complexity index is 850. The highest BCUT2D eigenvalue weighted by Gasteiger charge is 2.41. The maximum absolute atomic E-state index is 14.7. The fourth-order valence-electron chi connectivity index (χ4n) is 4.95. The van der Waals surface area contributed by atoms with Crippen molar-refractivity contribution in [1.29, 1.82) is 0 Å². The predicted molar refractivity (Wildman–Crippen MR) is 124 cm³/mol. The summed E-state index contributed by atoms with van der Waals surface area (Å²) in [5.41, 5.74) is 2.43. The van der Waals surface area contributed by atoms with Gasteiger partial charge in [-0.2, -0.15) is 0 Å². The van der Waals surface area contributed by atoms with E-state index in [9.17, 15) is 9.18 Å². The van der Waals surface area contributed by atoms with Gasteiger partial charge in [-0.05, 0) is 73.6 Å². The van der Waals surface area contributed by atoms with E-state index in [2.05, 4.69) is 31.2 Å². The molecule has 0 aliphatic heterocycles. The summed E-state index contributed by atoms with van der Waals surface area (Å²) in [6.07, 6.45) is 5.57. The molecule has 1 N–H and O–H groups in total. The molecule has 0 spiro atoms. The Hall–Kier alpha value is -1.85. The lowest BCUT2D eigenvalue weighted by molar-refractivity contribution is 0.0660. The number of rotatable bonds is 12. The Morgan fingerprint density at radius 1 is 1.19 bits per heavy atom. The molecule has 0 bridgehead atoms. The number of carboxylic acids is 1. The van der Waals surface area contributed by atoms with Crippen LogP contribution in [0.5, 0.6) is 0 Å². The van der Waals surface area contributed by atoms with Gasteiger partial charge in [0.2, 0.25) is 5.76 Å². The van der Waals surface area contributed by atoms with E-state index >= 15 is 0 Å². The van der Waals surface area contributed by atoms with E-state index in [-0.39, 0.29) is 29.1 Å². The van der Waals surface area contributed by atoms with Crippen molar-refractivity contribution >= 4 is 17.6 Å². The van der Waals surface area contributed by atoms with Gasteiger partial charge < -0.3 is 14.3 Å². The number of halogens is 2. The van der Waals surface area contributed by atoms with Gasteiger partial charge in [0, 0.05) is 18.9 Å². The number of ether oxygens (including phenoxy) is 1. The van der Waals surface area contributed by atoms with Crippen LogP contribution in [0.3, 0.4) is 0 Å². The van der Waals surface area contributed by atoms with Crippen molar-refractivity contribution in [2.24, 2.45) is 11.8 Å². The molecule has 6 heteroatoms. The molecule has 0 saturated heterocycles. The van der Waals surface area contributed by atoms with Crippen LogP contribution in [0, 0.1) is 11.8 Å². The summed E-state index contributed by atoms with van der Waals surface area (Å²) >= 11 is 6.55. The molecule has 1 aliphatic rings. The molecule has 1 aromatic heterocycles. The molecule has 0 radical (unpaired) electrons. The van der Waals surface area contributed by atoms with Crippen molar-refractivity contribution in [1.82, 2.24) is 0 Å². The number of furan rings is 1. The van der Waals surface area contributed by atoms with E-state index in [1.54, 1.807) is 13.2 Å². The zero-order valence-corrected chi connectivity index (χ0v) is 19.7. The van der Waals surface area contributed by atoms with Gasteiger partial charge in [-0.1, -0.05) is 37.6 Å². The topological polar surface area (TPSA) is 59.7 Å². The number of hydrogen-bond acceptors (Lipinski definition) is 3. The lowest BCUT2D eigenvalue weighted by Gasteiger charge is -2.23. The smallest absolute Gasteiger partial charge is 0.371 e. The molecule has 1 aliphatic carbocycles. The molecule has 5 atom stereocenters. The van der Waals surface area contributed by atoms with Gasteiger partial charge in [-0.25, -0.2) is 9.18 Å². The molecule has 1 heterocycles. The van der Waals surface area contributed by atoms with Gasteiger partial charge >= 0.3 is 5.97 Å². The average molecular weight is 465 g/mol. The third-order valence-electron chi connectivity index (χ3n) is 6.72. The summed E-state index contributed by atoms with van der Waals surface area (Å²) in [5.74, 6) is -0.415. The van der Waals surface area contributed by atoms with Crippen LogP contribution in [-0.2, 0) is 17.6 Å². The molecule has 3 rings (SSSR count). The lowest BCUT2D eigenvalue weighted by Crippen LogP contribution is -2.20. The first-order chi connectivity index (χ1) is 15.4. The third-order valence-corrected chi connectivity index (χ3v) is 7.22. The highest BCUT2D eigenvalue weighted by atomic mass is 35.5. The number of aryl methyl sites for hydroxylation is 2. The second kappa shape index (κ2) is 11.9. The first kappa shape index (κ1) is 24.8. The predicted octanol–water partition coefficient (Wildman–Crippen LogP) is 7.00. The molecule has 32 heavy (non-hydrogen) atoms. The number of hydrogen-bond donors (Lipinski definition) is 1. The van der Waals surface area contributed by atoms with Gasteiger partial charge in [0.15, 0.2) is 0 Å². The van der Waals surface area contributed by atoms with Crippen LogP contribution < -0.4 is 0 Å². The Balaban J connectivity index is 1.53. The minimum absolute atomic E-state index is 0.0551. The van der Waals surface area contributed by atoms with Crippen molar-refractivity contribution < 1.29 is 23.4 Å². The van der Waals surface area contributed by atoms with Gasteiger partial charge in [0.25, 0.3) is 0 Å². The van der Waals surface area contributed by atoms with E-state index in [4.69, 9.17) is 25.9 Å². The fraction of sp³-hybridized carbons (Fsp3) is 0.577. The summed E-state index contributed by atoms with van der Waals surface area (Å²) in [4.78, 5) is 10.9. The molecule has 4 unspecified atom stereocenters. The first-order valence-electron chi connectivity index (χ1n) is 11.6. The highest BCUT2D eigenvalue weighted by molar-refractivity contribution is 6.21. The number of alkyl halides is 2. The maximum Gasteiger partial charge on any atom is 0.371 e. The Morgan fingerprint density at radius 3 is 2.56 bits per heavy atom. The number of methoxy groups -OCH3 is 1. The molecule has 176 valence electrons. The van der Waals surface area contributed by atoms with Gasteiger partial charge in [-0.3, -0.25) is 0 Å². The largest absolute Gasteiger partial charge is 0.475 e. The molecule has 1 aromatic carbocycles. The zero-order valence-electron chi connectivity index (χ0n) is 18.9. The van der Waals surface area contributed by atoms with Crippen LogP contribution in [0.25, 0.3) is 0 Å². The normalized spacial score (nSPS) is 24.0. The fourth-order valence-corrected chi connectivity index (χ4v) is 5.43. The van der Waals surface area contributed by atoms with E-state index < -0.39 is 12.1 Å². The monoisotopic (exact) mass is 464 g/mol. The first-order valence-corrected chi connectivity index (χ1v) is 12.1. The third kappa shape index (κ3) is 6.35. The SMILES string of the molecule is CCCC(OC)c1ccc(CCC2C(Cl)CC(F)[C@@H]2CCCc2ccc(C(=O)O)o2)cc1. The van der Waals surface area contributed by atoms with E-state index in [0.29, 0.717) is 18.6 Å². The minimum atomic E-state index is -1.07. The minimum Gasteiger partial charge on any atom is -0.475 e. The molecular formula is C26H34ClFO4. The number of benzene rings is 1. The van der Waals surface area contributed by atoms with Crippen molar-refractivity contribution in [3.8, 4) is 0 Å². The number of carboxylic acid groups (broad SMARTS) is 1. The van der Waals surface area contributed by atoms with Gasteiger partial charge in [0.05, 0.1) is 6.10 Å². The zero-order chi connectivity index (χ0) is 23.1. The van der Waals surface area contributed by atoms with Crippen LogP contribution in [0.15, 0.2) is 40.8 Å². The van der Waals surface area contributed by atoms with E-state index in [1.807, 2.05) is 0 Å². The maximum atomic E-state index is 14.7. The van der Waals surface area contributed by atoms with E-state index in [1.165, 1.54) is 17.2 Å². The standard InChI is InChI=1S/C26H34ClFO4/c1-3-5-24(31-2)18-11-8-17(9-12-18)10-14-20-21(23(28)16-22(20)27)7-4-6-19-13-15-25(32-19)26(29)30/h8-9,11-13,15,20-24H,3-7,10,14,16H2,1-2H3,(H,29,30)/t20?,21-,22?,23?,24?/m1/s1. The summed E-state index contributed by atoms with van der Waals surface area (Å²) in [6.45, 7) is 2.15. The second-order valence-corrected chi connectivity index (χ2v) is 9.41. The van der Waals surface area contributed by atoms with Gasteiger partial charge in [-0.15, -0.1) is 11.6 Å². The van der Waals surface area contributed by atoms with Crippen LogP contribution in [0.2, 0.25) is 0 Å². The van der Waals surface area contributed by atoms with Crippen molar-refractivity contribution in [3.05, 3.63) is 59.0 Å². The summed E-state index contributed by atoms with van der Waals surface area (Å²) in [5, 5.41) is 8.82. The van der Waals surface area contributed by atoms with Crippen LogP contribution in [-0.4, -0.2) is 29.7 Å². The molecule has 1 fully saturated rings. The molecule has 2 aromatic rings. The van der Waals surface area contributed by atoms with Crippen molar-refractivity contribution in [2.45, 2.75) is 75.9 Å². The Labute approximate surface area is 195 Å². The molecule has 1 saturated carbocycles. The van der Waals surface area contributed by atoms with Crippen LogP contribution in [0.4, 0.5) is 4.39 Å². The Kier molecular flexibility index (Phi) is 9.18. The van der Waals surface area contributed by atoms with Crippen molar-refractivity contribution in [3.63, 3.8) is 0 Å². The Morgan fingerprint density at radius 2 is 1.94 bits per heavy atom. The van der Waals surface area contributed by atoms with Crippen LogP contribution in [0.1, 0.15) is 79.0 Å². The van der Waals surface area contributed by atoms with Gasteiger partial charge in [0.1, 0.15) is 11.9 Å². The second-order valence-electron chi connectivity index (χ2n) is 8.85. The summed E-state index contributed by atoms with van der Waals surface area (Å²) in [7, 11) is 1.75. The molecule has 4 nitrogen and oxygen atoms in total. The lowest BCUT2D eigenvalue weighted by atomic mass is 9.85. The average Bonchev–Trinajstić information content (AvgIpc) is 3.36. The van der Waals surface area contributed by atoms with E-state index in [0.717, 1.165) is 38.5 Å². The highest BCUT2D eigenvalue weighted by Crippen LogP contribution is 2.43. The quantitative estimate of drug-likeness (QED) is 0.343. The number of aromatic carboxylic acids is 1. The van der Waals surface area contributed by atoms with Crippen molar-refractivity contribution in [2.75, 3.05) is 7.11 Å². The summed E-state index contributed by atoms with van der Waals surface area (Å²) < 4.78 is 25.6. The number of carbonyl (C=O) groups is 1. The summed E-state index contributed by atoms with van der Waals surface area (Å²) in [6, 6.07) is 11.7. The molecule has 0 amide bonds. The van der Waals surface area contributed by atoms with Crippen LogP contribution >= 0.6 is 11.6 Å².